The predicted molar refractivity (Wildman–Crippen MR) is 101 cm³/mol. The number of hydrogen-bond donors (Lipinski definition) is 3. The van der Waals surface area contributed by atoms with Crippen molar-refractivity contribution >= 4 is 16.8 Å². The smallest absolute Gasteiger partial charge is 0.233 e. The first kappa shape index (κ1) is 18.6. The minimum atomic E-state index is -0.657. The van der Waals surface area contributed by atoms with E-state index in [1.807, 2.05) is 0 Å². The summed E-state index contributed by atoms with van der Waals surface area (Å²) in [7, 11) is 0. The first-order valence-electron chi connectivity index (χ1n) is 9.19. The van der Waals surface area contributed by atoms with Crippen molar-refractivity contribution in [2.24, 2.45) is 11.7 Å². The molecule has 0 aliphatic heterocycles. The van der Waals surface area contributed by atoms with E-state index in [0.29, 0.717) is 23.2 Å². The first-order chi connectivity index (χ1) is 13.5. The number of nitrogens with two attached hydrogens (primary N) is 1. The normalized spacial score (nSPS) is 18.9. The Labute approximate surface area is 159 Å². The van der Waals surface area contributed by atoms with Crippen molar-refractivity contribution in [3.63, 3.8) is 0 Å². The minimum absolute atomic E-state index is 0.0497. The number of nitrogens with one attached hydrogen (secondary N) is 2. The summed E-state index contributed by atoms with van der Waals surface area (Å²) in [4.78, 5) is 14.4. The predicted octanol–water partition coefficient (Wildman–Crippen LogP) is 3.82. The summed E-state index contributed by atoms with van der Waals surface area (Å²) in [5.41, 5.74) is 7.76. The highest BCUT2D eigenvalue weighted by Crippen LogP contribution is 2.48. The number of benzene rings is 2. The van der Waals surface area contributed by atoms with E-state index in [-0.39, 0.29) is 35.6 Å². The van der Waals surface area contributed by atoms with Crippen molar-refractivity contribution in [1.29, 1.82) is 0 Å². The van der Waals surface area contributed by atoms with Gasteiger partial charge in [0.05, 0.1) is 17.8 Å². The summed E-state index contributed by atoms with van der Waals surface area (Å²) < 4.78 is 41.6. The number of aromatic amines is 1. The van der Waals surface area contributed by atoms with Crippen LogP contribution in [0.1, 0.15) is 24.3 Å². The first-order valence-corrected chi connectivity index (χ1v) is 9.19. The number of rotatable bonds is 5. The van der Waals surface area contributed by atoms with Crippen LogP contribution in [0.2, 0.25) is 0 Å². The lowest BCUT2D eigenvalue weighted by Gasteiger charge is -2.36. The van der Waals surface area contributed by atoms with Gasteiger partial charge in [-0.1, -0.05) is 0 Å². The highest BCUT2D eigenvalue weighted by Gasteiger charge is 2.34. The lowest BCUT2D eigenvalue weighted by Crippen LogP contribution is -2.38. The molecule has 1 aliphatic carbocycles. The van der Waals surface area contributed by atoms with E-state index in [9.17, 15) is 18.0 Å². The van der Waals surface area contributed by atoms with Crippen LogP contribution in [0, 0.1) is 23.4 Å². The minimum Gasteiger partial charge on any atom is -0.355 e. The number of hydrogen-bond acceptors (Lipinski definition) is 2. The standard InChI is InChI=1S/C21H20F3N3O/c22-14-3-1-12(2-4-14)20-19(13-5-11(6-13)10-26-18(28)9-25)16-7-15(23)8-17(24)21(16)27-20/h1-4,7-8,11,13,27H,5-6,9-10,25H2,(H,26,28). The molecular weight excluding hydrogens is 367 g/mol. The van der Waals surface area contributed by atoms with Crippen molar-refractivity contribution in [3.8, 4) is 11.3 Å². The second-order valence-corrected chi connectivity index (χ2v) is 7.27. The largest absolute Gasteiger partial charge is 0.355 e. The maximum atomic E-state index is 14.3. The van der Waals surface area contributed by atoms with E-state index in [1.165, 1.54) is 18.2 Å². The monoisotopic (exact) mass is 387 g/mol. The maximum absolute atomic E-state index is 14.3. The van der Waals surface area contributed by atoms with E-state index in [2.05, 4.69) is 10.3 Å². The topological polar surface area (TPSA) is 70.9 Å². The molecule has 4 rings (SSSR count). The second kappa shape index (κ2) is 7.31. The number of halogens is 3. The zero-order valence-corrected chi connectivity index (χ0v) is 15.1. The third kappa shape index (κ3) is 3.38. The Morgan fingerprint density at radius 2 is 1.82 bits per heavy atom. The fourth-order valence-electron chi connectivity index (χ4n) is 3.98. The summed E-state index contributed by atoms with van der Waals surface area (Å²) in [5.74, 6) is -1.48. The SMILES string of the molecule is NCC(=O)NCC1CC(c2c(-c3ccc(F)cc3)[nH]c3c(F)cc(F)cc23)C1. The van der Waals surface area contributed by atoms with Crippen LogP contribution in [0.15, 0.2) is 36.4 Å². The third-order valence-corrected chi connectivity index (χ3v) is 5.41. The molecule has 1 aromatic heterocycles. The summed E-state index contributed by atoms with van der Waals surface area (Å²) in [6.45, 7) is 0.482. The Kier molecular flexibility index (Phi) is 4.85. The van der Waals surface area contributed by atoms with Gasteiger partial charge in [0.1, 0.15) is 17.5 Å². The maximum Gasteiger partial charge on any atom is 0.233 e. The van der Waals surface area contributed by atoms with Crippen LogP contribution in [0.3, 0.4) is 0 Å². The van der Waals surface area contributed by atoms with Gasteiger partial charge >= 0.3 is 0 Å². The van der Waals surface area contributed by atoms with Gasteiger partial charge in [-0.15, -0.1) is 0 Å². The molecule has 0 unspecified atom stereocenters. The van der Waals surface area contributed by atoms with Gasteiger partial charge in [-0.3, -0.25) is 4.79 Å². The molecule has 3 aromatic rings. The zero-order valence-electron chi connectivity index (χ0n) is 15.1. The van der Waals surface area contributed by atoms with Gasteiger partial charge in [0.2, 0.25) is 5.91 Å². The number of carbonyl (C=O) groups is 1. The highest BCUT2D eigenvalue weighted by atomic mass is 19.1. The van der Waals surface area contributed by atoms with Crippen LogP contribution in [0.4, 0.5) is 13.2 Å². The Morgan fingerprint density at radius 3 is 2.50 bits per heavy atom. The van der Waals surface area contributed by atoms with Crippen LogP contribution < -0.4 is 11.1 Å². The Balaban J connectivity index is 1.69. The number of carbonyl (C=O) groups excluding carboxylic acids is 1. The summed E-state index contributed by atoms with van der Waals surface area (Å²) in [6.07, 6.45) is 1.56. The fourth-order valence-corrected chi connectivity index (χ4v) is 3.98. The van der Waals surface area contributed by atoms with Crippen molar-refractivity contribution < 1.29 is 18.0 Å². The van der Waals surface area contributed by atoms with Crippen LogP contribution in [0.5, 0.6) is 0 Å². The number of fused-ring (bicyclic) bond motifs is 1. The van der Waals surface area contributed by atoms with E-state index < -0.39 is 11.6 Å². The molecule has 1 heterocycles. The van der Waals surface area contributed by atoms with Crippen molar-refractivity contribution in [1.82, 2.24) is 10.3 Å². The second-order valence-electron chi connectivity index (χ2n) is 7.27. The van der Waals surface area contributed by atoms with Crippen molar-refractivity contribution in [2.45, 2.75) is 18.8 Å². The van der Waals surface area contributed by atoms with Gasteiger partial charge in [0.25, 0.3) is 0 Å². The molecule has 1 amide bonds. The van der Waals surface area contributed by atoms with Gasteiger partial charge in [0, 0.05) is 18.0 Å². The molecule has 7 heteroatoms. The molecule has 0 bridgehead atoms. The van der Waals surface area contributed by atoms with E-state index in [0.717, 1.165) is 24.5 Å². The molecule has 2 aromatic carbocycles. The van der Waals surface area contributed by atoms with Gasteiger partial charge in [-0.25, -0.2) is 13.2 Å². The molecule has 0 spiro atoms. The lowest BCUT2D eigenvalue weighted by molar-refractivity contribution is -0.120. The number of aromatic nitrogens is 1. The molecule has 1 fully saturated rings. The van der Waals surface area contributed by atoms with Gasteiger partial charge < -0.3 is 16.0 Å². The molecule has 1 aliphatic rings. The Morgan fingerprint density at radius 1 is 1.11 bits per heavy atom. The van der Waals surface area contributed by atoms with Crippen LogP contribution in [-0.2, 0) is 4.79 Å². The molecule has 4 nitrogen and oxygen atoms in total. The summed E-state index contributed by atoms with van der Waals surface area (Å²) in [5, 5.41) is 3.28. The quantitative estimate of drug-likeness (QED) is 0.623. The summed E-state index contributed by atoms with van der Waals surface area (Å²) >= 11 is 0. The fraction of sp³-hybridized carbons (Fsp3) is 0.286. The van der Waals surface area contributed by atoms with Gasteiger partial charge in [-0.2, -0.15) is 0 Å². The Bertz CT molecular complexity index is 1020. The number of H-pyrrole nitrogens is 1. The average molecular weight is 387 g/mol. The third-order valence-electron chi connectivity index (χ3n) is 5.41. The molecule has 28 heavy (non-hydrogen) atoms. The molecule has 4 N–H and O–H groups in total. The zero-order chi connectivity index (χ0) is 19.8. The number of amides is 1. The van der Waals surface area contributed by atoms with E-state index >= 15 is 0 Å². The summed E-state index contributed by atoms with van der Waals surface area (Å²) in [6, 6.07) is 8.11. The molecule has 146 valence electrons. The van der Waals surface area contributed by atoms with E-state index in [4.69, 9.17) is 5.73 Å². The van der Waals surface area contributed by atoms with Crippen LogP contribution in [0.25, 0.3) is 22.2 Å². The average Bonchev–Trinajstić information content (AvgIpc) is 3.00. The molecule has 0 saturated heterocycles. The van der Waals surface area contributed by atoms with Crippen LogP contribution >= 0.6 is 0 Å². The van der Waals surface area contributed by atoms with E-state index in [1.54, 1.807) is 12.1 Å². The highest BCUT2D eigenvalue weighted by molar-refractivity contribution is 5.92. The molecular formula is C21H20F3N3O. The van der Waals surface area contributed by atoms with Crippen LogP contribution in [-0.4, -0.2) is 24.0 Å². The van der Waals surface area contributed by atoms with Gasteiger partial charge in [-0.05, 0) is 66.1 Å². The van der Waals surface area contributed by atoms with Crippen molar-refractivity contribution in [2.75, 3.05) is 13.1 Å². The Hall–Kier alpha value is -2.80. The lowest BCUT2D eigenvalue weighted by atomic mass is 9.70. The van der Waals surface area contributed by atoms with Crippen molar-refractivity contribution in [3.05, 3.63) is 59.4 Å². The van der Waals surface area contributed by atoms with Gasteiger partial charge in [0.15, 0.2) is 0 Å². The molecule has 1 saturated carbocycles. The molecule has 0 radical (unpaired) electrons. The molecule has 0 atom stereocenters.